The Morgan fingerprint density at radius 3 is 2.31 bits per heavy atom. The first-order valence-corrected chi connectivity index (χ1v) is 9.92. The van der Waals surface area contributed by atoms with Gasteiger partial charge in [0.1, 0.15) is 0 Å². The number of amides is 1. The number of hydrogen-bond acceptors (Lipinski definition) is 2. The zero-order chi connectivity index (χ0) is 20.1. The first-order valence-electron chi connectivity index (χ1n) is 9.92. The number of hydrogen-bond donors (Lipinski definition) is 3. The van der Waals surface area contributed by atoms with Crippen molar-refractivity contribution < 1.29 is 4.79 Å². The van der Waals surface area contributed by atoms with E-state index in [0.717, 1.165) is 11.2 Å². The second-order valence-electron chi connectivity index (χ2n) is 7.24. The van der Waals surface area contributed by atoms with Crippen LogP contribution >= 0.6 is 0 Å². The Morgan fingerprint density at radius 1 is 0.897 bits per heavy atom. The Kier molecular flexibility index (Phi) is 5.73. The molecule has 0 aliphatic rings. The van der Waals surface area contributed by atoms with Gasteiger partial charge in [0.05, 0.1) is 6.04 Å². The third-order valence-electron chi connectivity index (χ3n) is 5.26. The van der Waals surface area contributed by atoms with Gasteiger partial charge < -0.3 is 15.6 Å². The number of carbonyl (C=O) groups is 1. The van der Waals surface area contributed by atoms with Crippen molar-refractivity contribution in [1.29, 1.82) is 0 Å². The monoisotopic (exact) mass is 383 g/mol. The van der Waals surface area contributed by atoms with Crippen LogP contribution in [0.15, 0.2) is 91.1 Å². The predicted molar refractivity (Wildman–Crippen MR) is 119 cm³/mol. The van der Waals surface area contributed by atoms with Crippen molar-refractivity contribution in [3.63, 3.8) is 0 Å². The number of benzene rings is 3. The number of anilines is 1. The summed E-state index contributed by atoms with van der Waals surface area (Å²) in [5.74, 6) is 0.0984. The van der Waals surface area contributed by atoms with Gasteiger partial charge in [0.15, 0.2) is 0 Å². The molecule has 0 spiro atoms. The maximum absolute atomic E-state index is 12.6. The van der Waals surface area contributed by atoms with Crippen LogP contribution in [0.4, 0.5) is 5.69 Å². The number of aromatic nitrogens is 1. The summed E-state index contributed by atoms with van der Waals surface area (Å²) in [4.78, 5) is 16.0. The second-order valence-corrected chi connectivity index (χ2v) is 7.24. The van der Waals surface area contributed by atoms with Gasteiger partial charge >= 0.3 is 0 Å². The van der Waals surface area contributed by atoms with E-state index in [0.29, 0.717) is 6.54 Å². The van der Waals surface area contributed by atoms with Crippen LogP contribution in [0.5, 0.6) is 0 Å². The van der Waals surface area contributed by atoms with Crippen molar-refractivity contribution in [3.05, 3.63) is 102 Å². The zero-order valence-electron chi connectivity index (χ0n) is 16.4. The summed E-state index contributed by atoms with van der Waals surface area (Å²) in [5, 5.41) is 7.60. The molecule has 0 saturated carbocycles. The van der Waals surface area contributed by atoms with Crippen LogP contribution in [0.3, 0.4) is 0 Å². The lowest BCUT2D eigenvalue weighted by molar-refractivity contribution is -0.117. The molecule has 0 fully saturated rings. The van der Waals surface area contributed by atoms with Crippen LogP contribution in [0.25, 0.3) is 10.9 Å². The van der Waals surface area contributed by atoms with E-state index in [2.05, 4.69) is 64.3 Å². The van der Waals surface area contributed by atoms with Gasteiger partial charge in [-0.2, -0.15) is 0 Å². The van der Waals surface area contributed by atoms with Crippen molar-refractivity contribution in [2.75, 3.05) is 11.9 Å². The summed E-state index contributed by atoms with van der Waals surface area (Å²) in [5.41, 5.74) is 4.39. The van der Waals surface area contributed by atoms with E-state index in [1.165, 1.54) is 16.5 Å². The molecule has 1 heterocycles. The highest BCUT2D eigenvalue weighted by atomic mass is 16.2. The first kappa shape index (κ1) is 19.0. The lowest BCUT2D eigenvalue weighted by Crippen LogP contribution is -2.40. The van der Waals surface area contributed by atoms with Gasteiger partial charge in [-0.15, -0.1) is 0 Å². The van der Waals surface area contributed by atoms with E-state index in [1.54, 1.807) is 0 Å². The third kappa shape index (κ3) is 4.39. The number of aromatic amines is 1. The van der Waals surface area contributed by atoms with Gasteiger partial charge in [-0.25, -0.2) is 0 Å². The van der Waals surface area contributed by atoms with Crippen LogP contribution in [0, 0.1) is 0 Å². The first-order chi connectivity index (χ1) is 14.2. The fourth-order valence-corrected chi connectivity index (χ4v) is 3.63. The molecular weight excluding hydrogens is 358 g/mol. The van der Waals surface area contributed by atoms with Crippen molar-refractivity contribution in [2.45, 2.75) is 18.9 Å². The molecule has 2 atom stereocenters. The molecule has 4 nitrogen and oxygen atoms in total. The Bertz CT molecular complexity index is 1070. The second kappa shape index (κ2) is 8.76. The Balaban J connectivity index is 1.53. The number of fused-ring (bicyclic) bond motifs is 1. The fraction of sp³-hybridized carbons (Fsp3) is 0.160. The smallest absolute Gasteiger partial charge is 0.241 e. The summed E-state index contributed by atoms with van der Waals surface area (Å²) in [6, 6.07) is 28.0. The van der Waals surface area contributed by atoms with Gasteiger partial charge in [-0.3, -0.25) is 4.79 Å². The Morgan fingerprint density at radius 2 is 1.55 bits per heavy atom. The summed E-state index contributed by atoms with van der Waals surface area (Å²) in [6.45, 7) is 2.56. The summed E-state index contributed by atoms with van der Waals surface area (Å²) in [6.07, 6.45) is 2.08. The van der Waals surface area contributed by atoms with E-state index in [-0.39, 0.29) is 17.9 Å². The van der Waals surface area contributed by atoms with Gasteiger partial charge in [-0.1, -0.05) is 66.7 Å². The standard InChI is InChI=1S/C25H25N3O/c1-18(25(29)28-20-12-6-3-7-13-20)26-16-22(19-10-4-2-5-11-19)23-17-27-24-15-9-8-14-21(23)24/h2-15,17-18,22,26-27H,16H2,1H3,(H,28,29). The van der Waals surface area contributed by atoms with Gasteiger partial charge in [-0.05, 0) is 36.2 Å². The fourth-order valence-electron chi connectivity index (χ4n) is 3.63. The molecule has 0 saturated heterocycles. The minimum absolute atomic E-state index is 0.0399. The van der Waals surface area contributed by atoms with E-state index in [4.69, 9.17) is 0 Å². The van der Waals surface area contributed by atoms with Crippen LogP contribution < -0.4 is 10.6 Å². The molecular formula is C25H25N3O. The highest BCUT2D eigenvalue weighted by Crippen LogP contribution is 2.30. The molecule has 0 radical (unpaired) electrons. The number of carbonyl (C=O) groups excluding carboxylic acids is 1. The third-order valence-corrected chi connectivity index (χ3v) is 5.26. The number of H-pyrrole nitrogens is 1. The van der Waals surface area contributed by atoms with Crippen molar-refractivity contribution in [1.82, 2.24) is 10.3 Å². The molecule has 0 bridgehead atoms. The van der Waals surface area contributed by atoms with E-state index >= 15 is 0 Å². The SMILES string of the molecule is CC(NCC(c1ccccc1)c1c[nH]c2ccccc12)C(=O)Nc1ccccc1. The van der Waals surface area contributed by atoms with Crippen molar-refractivity contribution >= 4 is 22.5 Å². The topological polar surface area (TPSA) is 56.9 Å². The van der Waals surface area contributed by atoms with Crippen LogP contribution in [-0.4, -0.2) is 23.5 Å². The van der Waals surface area contributed by atoms with Crippen molar-refractivity contribution in [3.8, 4) is 0 Å². The van der Waals surface area contributed by atoms with Crippen LogP contribution in [0.1, 0.15) is 24.0 Å². The highest BCUT2D eigenvalue weighted by Gasteiger charge is 2.20. The lowest BCUT2D eigenvalue weighted by atomic mass is 9.90. The van der Waals surface area contributed by atoms with Gasteiger partial charge in [0.2, 0.25) is 5.91 Å². The van der Waals surface area contributed by atoms with E-state index in [1.807, 2.05) is 49.4 Å². The number of nitrogens with one attached hydrogen (secondary N) is 3. The zero-order valence-corrected chi connectivity index (χ0v) is 16.4. The van der Waals surface area contributed by atoms with Crippen molar-refractivity contribution in [2.24, 2.45) is 0 Å². The normalized spacial score (nSPS) is 13.1. The average Bonchev–Trinajstić information content (AvgIpc) is 3.19. The van der Waals surface area contributed by atoms with E-state index in [9.17, 15) is 4.79 Å². The lowest BCUT2D eigenvalue weighted by Gasteiger charge is -2.21. The minimum atomic E-state index is -0.313. The Hall–Kier alpha value is -3.37. The molecule has 0 aliphatic carbocycles. The molecule has 3 aromatic carbocycles. The maximum atomic E-state index is 12.6. The number of para-hydroxylation sites is 2. The predicted octanol–water partition coefficient (Wildman–Crippen LogP) is 4.92. The molecule has 1 amide bonds. The maximum Gasteiger partial charge on any atom is 0.241 e. The largest absolute Gasteiger partial charge is 0.361 e. The molecule has 1 aromatic heterocycles. The highest BCUT2D eigenvalue weighted by molar-refractivity contribution is 5.94. The quantitative estimate of drug-likeness (QED) is 0.424. The summed E-state index contributed by atoms with van der Waals surface area (Å²) < 4.78 is 0. The molecule has 4 heteroatoms. The average molecular weight is 383 g/mol. The van der Waals surface area contributed by atoms with Crippen LogP contribution in [0.2, 0.25) is 0 Å². The van der Waals surface area contributed by atoms with E-state index < -0.39 is 0 Å². The molecule has 3 N–H and O–H groups in total. The molecule has 4 rings (SSSR count). The Labute approximate surface area is 171 Å². The molecule has 4 aromatic rings. The molecule has 0 aliphatic heterocycles. The van der Waals surface area contributed by atoms with Gasteiger partial charge in [0.25, 0.3) is 0 Å². The van der Waals surface area contributed by atoms with Crippen LogP contribution in [-0.2, 0) is 4.79 Å². The molecule has 146 valence electrons. The summed E-state index contributed by atoms with van der Waals surface area (Å²) >= 11 is 0. The summed E-state index contributed by atoms with van der Waals surface area (Å²) in [7, 11) is 0. The minimum Gasteiger partial charge on any atom is -0.361 e. The molecule has 2 unspecified atom stereocenters. The molecule has 29 heavy (non-hydrogen) atoms. The van der Waals surface area contributed by atoms with Gasteiger partial charge in [0, 0.05) is 35.2 Å². The number of rotatable bonds is 7.